The fourth-order valence-corrected chi connectivity index (χ4v) is 9.53. The van der Waals surface area contributed by atoms with Crippen LogP contribution in [-0.2, 0) is 18.3 Å². The molecule has 8 aromatic rings. The van der Waals surface area contributed by atoms with Gasteiger partial charge >= 0.3 is 0 Å². The Labute approximate surface area is 277 Å². The Hall–Kier alpha value is -4.98. The summed E-state index contributed by atoms with van der Waals surface area (Å²) >= 11 is 3.98. The molecule has 216 valence electrons. The van der Waals surface area contributed by atoms with E-state index in [2.05, 4.69) is 168 Å². The molecule has 10 rings (SSSR count). The highest BCUT2D eigenvalue weighted by molar-refractivity contribution is 9.10. The summed E-state index contributed by atoms with van der Waals surface area (Å²) in [5.41, 5.74) is 13.2. The first-order valence-corrected chi connectivity index (χ1v) is 17.0. The van der Waals surface area contributed by atoms with E-state index in [0.717, 1.165) is 17.3 Å². The van der Waals surface area contributed by atoms with Crippen LogP contribution in [0, 0.1) is 0 Å². The summed E-state index contributed by atoms with van der Waals surface area (Å²) in [6.07, 6.45) is 2.22. The zero-order chi connectivity index (χ0) is 30.4. The minimum atomic E-state index is -0.451. The number of rotatable bonds is 3. The van der Waals surface area contributed by atoms with Gasteiger partial charge in [0.15, 0.2) is 0 Å². The summed E-state index contributed by atoms with van der Waals surface area (Å²) in [7, 11) is 0. The monoisotopic (exact) mass is 648 g/mol. The van der Waals surface area contributed by atoms with Crippen LogP contribution in [0.1, 0.15) is 33.4 Å². The van der Waals surface area contributed by atoms with Gasteiger partial charge in [-0.1, -0.05) is 146 Å². The number of fused-ring (bicyclic) bond motifs is 6. The first-order valence-electron chi connectivity index (χ1n) is 16.2. The third kappa shape index (κ3) is 3.39. The molecule has 2 aliphatic carbocycles. The van der Waals surface area contributed by atoms with Gasteiger partial charge in [-0.05, 0) is 123 Å². The molecule has 0 unspecified atom stereocenters. The van der Waals surface area contributed by atoms with Crippen molar-refractivity contribution in [3.63, 3.8) is 0 Å². The lowest BCUT2D eigenvalue weighted by Crippen LogP contribution is -2.28. The summed E-state index contributed by atoms with van der Waals surface area (Å²) in [5, 5.41) is 7.87. The molecule has 0 nitrogen and oxygen atoms in total. The normalized spacial score (nSPS) is 14.2. The molecule has 8 aromatic carbocycles. The maximum absolute atomic E-state index is 3.98. The predicted octanol–water partition coefficient (Wildman–Crippen LogP) is 12.0. The van der Waals surface area contributed by atoms with Crippen molar-refractivity contribution in [2.45, 2.75) is 18.3 Å². The molecule has 1 heteroatoms. The highest BCUT2D eigenvalue weighted by Gasteiger charge is 2.47. The van der Waals surface area contributed by atoms with Crippen LogP contribution in [0.4, 0.5) is 0 Å². The summed E-state index contributed by atoms with van der Waals surface area (Å²) in [6, 6.07) is 56.9. The van der Waals surface area contributed by atoms with Crippen molar-refractivity contribution in [2.24, 2.45) is 0 Å². The third-order valence-electron chi connectivity index (χ3n) is 10.7. The van der Waals surface area contributed by atoms with E-state index in [-0.39, 0.29) is 0 Å². The average Bonchev–Trinajstić information content (AvgIpc) is 3.67. The summed E-state index contributed by atoms with van der Waals surface area (Å²) in [6.45, 7) is 0. The van der Waals surface area contributed by atoms with Crippen LogP contribution in [0.3, 0.4) is 0 Å². The summed E-state index contributed by atoms with van der Waals surface area (Å²) in [5.74, 6) is 0. The molecule has 0 atom stereocenters. The molecule has 0 aliphatic heterocycles. The van der Waals surface area contributed by atoms with E-state index >= 15 is 0 Å². The van der Waals surface area contributed by atoms with E-state index in [4.69, 9.17) is 0 Å². The van der Waals surface area contributed by atoms with Crippen molar-refractivity contribution in [1.82, 2.24) is 0 Å². The van der Waals surface area contributed by atoms with Crippen molar-refractivity contribution in [1.29, 1.82) is 0 Å². The quantitative estimate of drug-likeness (QED) is 0.167. The molecule has 2 aliphatic rings. The Morgan fingerprint density at radius 2 is 1.00 bits per heavy atom. The van der Waals surface area contributed by atoms with E-state index in [0.29, 0.717) is 0 Å². The molecule has 0 spiro atoms. The maximum atomic E-state index is 3.98. The van der Waals surface area contributed by atoms with Gasteiger partial charge in [0, 0.05) is 4.47 Å². The summed E-state index contributed by atoms with van der Waals surface area (Å²) < 4.78 is 1.16. The third-order valence-corrected chi connectivity index (χ3v) is 11.5. The van der Waals surface area contributed by atoms with Crippen LogP contribution in [0.15, 0.2) is 156 Å². The second kappa shape index (κ2) is 9.76. The van der Waals surface area contributed by atoms with E-state index in [1.165, 1.54) is 88.0 Å². The van der Waals surface area contributed by atoms with Crippen molar-refractivity contribution in [3.8, 4) is 22.3 Å². The summed E-state index contributed by atoms with van der Waals surface area (Å²) in [4.78, 5) is 0. The molecular formula is C45H29Br. The Morgan fingerprint density at radius 3 is 1.65 bits per heavy atom. The van der Waals surface area contributed by atoms with Gasteiger partial charge in [-0.25, -0.2) is 0 Å². The Bertz CT molecular complexity index is 2430. The topological polar surface area (TPSA) is 0 Å². The number of aryl methyl sites for hydroxylation is 2. The van der Waals surface area contributed by atoms with Crippen LogP contribution < -0.4 is 0 Å². The molecule has 0 bridgehead atoms. The zero-order valence-electron chi connectivity index (χ0n) is 25.2. The number of hydrogen-bond acceptors (Lipinski definition) is 0. The van der Waals surface area contributed by atoms with E-state index in [9.17, 15) is 0 Å². The highest BCUT2D eigenvalue weighted by Crippen LogP contribution is 2.60. The molecule has 0 amide bonds. The SMILES string of the molecule is Brc1c2ccccc2c(-c2ccc3c(c2)C(c2ccccc2)(c2ccccc2)c2cc4c5c(cccc5c2-3)CC4)c2ccccc12. The largest absolute Gasteiger partial charge is 0.0714 e. The zero-order valence-corrected chi connectivity index (χ0v) is 26.8. The van der Waals surface area contributed by atoms with Gasteiger partial charge in [-0.15, -0.1) is 0 Å². The highest BCUT2D eigenvalue weighted by atomic mass is 79.9. The second-order valence-corrected chi connectivity index (χ2v) is 13.6. The van der Waals surface area contributed by atoms with Crippen LogP contribution in [0.25, 0.3) is 54.6 Å². The molecule has 0 aromatic heterocycles. The van der Waals surface area contributed by atoms with Gasteiger partial charge in [0.25, 0.3) is 0 Å². The maximum Gasteiger partial charge on any atom is 0.0714 e. The predicted molar refractivity (Wildman–Crippen MR) is 197 cm³/mol. The van der Waals surface area contributed by atoms with Crippen LogP contribution in [0.5, 0.6) is 0 Å². The first-order chi connectivity index (χ1) is 22.7. The van der Waals surface area contributed by atoms with Gasteiger partial charge in [-0.2, -0.15) is 0 Å². The molecule has 0 N–H and O–H groups in total. The Balaban J connectivity index is 1.39. The van der Waals surface area contributed by atoms with E-state index in [1.54, 1.807) is 0 Å². The van der Waals surface area contributed by atoms with Crippen molar-refractivity contribution < 1.29 is 0 Å². The molecule has 0 radical (unpaired) electrons. The van der Waals surface area contributed by atoms with E-state index < -0.39 is 5.41 Å². The molecule has 0 heterocycles. The lowest BCUT2D eigenvalue weighted by atomic mass is 9.67. The molecular weight excluding hydrogens is 620 g/mol. The molecule has 0 fully saturated rings. The van der Waals surface area contributed by atoms with Crippen molar-refractivity contribution in [3.05, 3.63) is 190 Å². The Morgan fingerprint density at radius 1 is 0.435 bits per heavy atom. The average molecular weight is 650 g/mol. The van der Waals surface area contributed by atoms with Crippen LogP contribution >= 0.6 is 15.9 Å². The smallest absolute Gasteiger partial charge is 0.0622 e. The lowest BCUT2D eigenvalue weighted by Gasteiger charge is -2.34. The van der Waals surface area contributed by atoms with Crippen molar-refractivity contribution in [2.75, 3.05) is 0 Å². The van der Waals surface area contributed by atoms with Gasteiger partial charge < -0.3 is 0 Å². The van der Waals surface area contributed by atoms with Crippen LogP contribution in [-0.4, -0.2) is 0 Å². The second-order valence-electron chi connectivity index (χ2n) is 12.8. The number of halogens is 1. The molecule has 0 saturated heterocycles. The first kappa shape index (κ1) is 26.3. The van der Waals surface area contributed by atoms with Gasteiger partial charge in [0.1, 0.15) is 0 Å². The van der Waals surface area contributed by atoms with Gasteiger partial charge in [0.05, 0.1) is 5.41 Å². The molecule has 0 saturated carbocycles. The Kier molecular flexibility index (Phi) is 5.57. The van der Waals surface area contributed by atoms with E-state index in [1.807, 2.05) is 0 Å². The van der Waals surface area contributed by atoms with Gasteiger partial charge in [-0.3, -0.25) is 0 Å². The molecule has 46 heavy (non-hydrogen) atoms. The lowest BCUT2D eigenvalue weighted by molar-refractivity contribution is 0.767. The number of benzene rings is 8. The fraction of sp³-hybridized carbons (Fsp3) is 0.0667. The minimum Gasteiger partial charge on any atom is -0.0622 e. The van der Waals surface area contributed by atoms with Crippen molar-refractivity contribution >= 4 is 48.2 Å². The minimum absolute atomic E-state index is 0.451. The standard InChI is InChI=1S/C45H29Br/c46-44-35-19-9-7-17-33(35)42(34-18-8-10-20-36(34)44)30-24-25-37-39(26-30)45(31-13-3-1-4-14-31,32-15-5-2-6-16-32)40-27-29-23-22-28-12-11-21-38(41(28)29)43(37)40/h1-21,24-27H,22-23H2. The van der Waals surface area contributed by atoms with Crippen LogP contribution in [0.2, 0.25) is 0 Å². The number of hydrogen-bond donors (Lipinski definition) is 0. The fourth-order valence-electron chi connectivity index (χ4n) is 8.84. The van der Waals surface area contributed by atoms with Gasteiger partial charge in [0.2, 0.25) is 0 Å².